The molecule has 1 aliphatic rings. The molecular formula is C41H29N3. The van der Waals surface area contributed by atoms with Crippen molar-refractivity contribution < 1.29 is 0 Å². The fourth-order valence-corrected chi connectivity index (χ4v) is 7.25. The van der Waals surface area contributed by atoms with Gasteiger partial charge in [-0.2, -0.15) is 0 Å². The van der Waals surface area contributed by atoms with E-state index in [-0.39, 0.29) is 5.41 Å². The standard InChI is InChI=1S/C41H29N3/c1-41(2)34-20-9-6-17-29(34)32-24-33-30-18-8-11-22-37(30)44(38(33)25-35(32)41)28-16-12-15-27(23-28)40-42-36-21-10-7-19-31(36)39(43-40)26-13-4-3-5-14-26/h3-25H,1-2H3. The molecule has 0 N–H and O–H groups in total. The van der Waals surface area contributed by atoms with Gasteiger partial charge in [0.1, 0.15) is 0 Å². The molecule has 8 aromatic rings. The minimum atomic E-state index is -0.0734. The van der Waals surface area contributed by atoms with E-state index in [9.17, 15) is 0 Å². The largest absolute Gasteiger partial charge is 0.309 e. The molecule has 0 saturated carbocycles. The number of benzene rings is 6. The number of hydrogen-bond acceptors (Lipinski definition) is 2. The van der Waals surface area contributed by atoms with Gasteiger partial charge in [0.15, 0.2) is 5.82 Å². The molecule has 0 amide bonds. The lowest BCUT2D eigenvalue weighted by Crippen LogP contribution is -2.14. The summed E-state index contributed by atoms with van der Waals surface area (Å²) in [4.78, 5) is 10.2. The lowest BCUT2D eigenvalue weighted by molar-refractivity contribution is 0.661. The van der Waals surface area contributed by atoms with Crippen LogP contribution in [0, 0.1) is 0 Å². The van der Waals surface area contributed by atoms with E-state index in [2.05, 4.69) is 146 Å². The van der Waals surface area contributed by atoms with Crippen molar-refractivity contribution in [1.29, 1.82) is 0 Å². The molecular weight excluding hydrogens is 534 g/mol. The van der Waals surface area contributed by atoms with Crippen LogP contribution in [0.15, 0.2) is 140 Å². The Morgan fingerprint density at radius 1 is 0.500 bits per heavy atom. The first-order valence-corrected chi connectivity index (χ1v) is 15.2. The van der Waals surface area contributed by atoms with Gasteiger partial charge >= 0.3 is 0 Å². The third-order valence-corrected chi connectivity index (χ3v) is 9.39. The molecule has 0 unspecified atom stereocenters. The topological polar surface area (TPSA) is 30.7 Å². The fourth-order valence-electron chi connectivity index (χ4n) is 7.25. The number of aromatic nitrogens is 3. The molecule has 0 atom stereocenters. The molecule has 208 valence electrons. The minimum Gasteiger partial charge on any atom is -0.309 e. The Morgan fingerprint density at radius 3 is 2.11 bits per heavy atom. The van der Waals surface area contributed by atoms with Gasteiger partial charge in [-0.3, -0.25) is 0 Å². The summed E-state index contributed by atoms with van der Waals surface area (Å²) in [5.74, 6) is 0.725. The predicted molar refractivity (Wildman–Crippen MR) is 182 cm³/mol. The van der Waals surface area contributed by atoms with Crippen molar-refractivity contribution in [3.63, 3.8) is 0 Å². The zero-order valence-corrected chi connectivity index (χ0v) is 24.6. The van der Waals surface area contributed by atoms with Crippen molar-refractivity contribution in [2.75, 3.05) is 0 Å². The molecule has 3 heteroatoms. The van der Waals surface area contributed by atoms with Crippen molar-refractivity contribution in [2.24, 2.45) is 0 Å². The van der Waals surface area contributed by atoms with Gasteiger partial charge < -0.3 is 4.57 Å². The van der Waals surface area contributed by atoms with Crippen molar-refractivity contribution in [3.05, 3.63) is 151 Å². The SMILES string of the molecule is CC1(C)c2ccccc2-c2cc3c4ccccc4n(-c4cccc(-c5nc(-c6ccccc6)c6ccccc6n5)c4)c3cc21. The van der Waals surface area contributed by atoms with E-state index in [1.54, 1.807) is 0 Å². The van der Waals surface area contributed by atoms with Crippen LogP contribution in [-0.4, -0.2) is 14.5 Å². The molecule has 3 nitrogen and oxygen atoms in total. The Hall–Kier alpha value is -5.54. The van der Waals surface area contributed by atoms with Crippen LogP contribution < -0.4 is 0 Å². The van der Waals surface area contributed by atoms with Gasteiger partial charge in [0.05, 0.1) is 22.2 Å². The quantitative estimate of drug-likeness (QED) is 0.214. The maximum atomic E-state index is 5.16. The monoisotopic (exact) mass is 563 g/mol. The first kappa shape index (κ1) is 25.0. The molecule has 0 fully saturated rings. The summed E-state index contributed by atoms with van der Waals surface area (Å²) in [6.45, 7) is 4.69. The second-order valence-corrected chi connectivity index (χ2v) is 12.3. The molecule has 0 spiro atoms. The smallest absolute Gasteiger partial charge is 0.160 e. The highest BCUT2D eigenvalue weighted by Gasteiger charge is 2.36. The van der Waals surface area contributed by atoms with E-state index in [1.165, 1.54) is 44.1 Å². The van der Waals surface area contributed by atoms with Gasteiger partial charge in [0.25, 0.3) is 0 Å². The molecule has 0 saturated heterocycles. The number of nitrogens with zero attached hydrogens (tertiary/aromatic N) is 3. The highest BCUT2D eigenvalue weighted by atomic mass is 15.0. The Kier molecular flexibility index (Phi) is 5.24. The second-order valence-electron chi connectivity index (χ2n) is 12.3. The molecule has 44 heavy (non-hydrogen) atoms. The third-order valence-electron chi connectivity index (χ3n) is 9.39. The van der Waals surface area contributed by atoms with E-state index in [0.29, 0.717) is 0 Å². The highest BCUT2D eigenvalue weighted by Crippen LogP contribution is 2.51. The molecule has 2 aromatic heterocycles. The molecule has 9 rings (SSSR count). The van der Waals surface area contributed by atoms with Gasteiger partial charge in [-0.1, -0.05) is 117 Å². The Balaban J connectivity index is 1.28. The van der Waals surface area contributed by atoms with E-state index in [4.69, 9.17) is 9.97 Å². The zero-order valence-electron chi connectivity index (χ0n) is 24.6. The van der Waals surface area contributed by atoms with Crippen LogP contribution in [0.2, 0.25) is 0 Å². The molecule has 2 heterocycles. The average Bonchev–Trinajstić information content (AvgIpc) is 3.52. The third kappa shape index (κ3) is 3.56. The number of para-hydroxylation sites is 2. The summed E-state index contributed by atoms with van der Waals surface area (Å²) in [6, 6.07) is 49.8. The van der Waals surface area contributed by atoms with Gasteiger partial charge in [0, 0.05) is 38.4 Å². The van der Waals surface area contributed by atoms with E-state index in [1.807, 2.05) is 12.1 Å². The van der Waals surface area contributed by atoms with Crippen molar-refractivity contribution >= 4 is 32.7 Å². The summed E-state index contributed by atoms with van der Waals surface area (Å²) in [7, 11) is 0. The summed E-state index contributed by atoms with van der Waals surface area (Å²) < 4.78 is 2.41. The van der Waals surface area contributed by atoms with Crippen LogP contribution in [0.25, 0.3) is 72.2 Å². The van der Waals surface area contributed by atoms with Crippen LogP contribution >= 0.6 is 0 Å². The fraction of sp³-hybridized carbons (Fsp3) is 0.0732. The maximum absolute atomic E-state index is 5.16. The second kappa shape index (κ2) is 9.23. The Labute approximate surface area is 256 Å². The highest BCUT2D eigenvalue weighted by molar-refractivity contribution is 6.11. The van der Waals surface area contributed by atoms with Gasteiger partial charge in [-0.25, -0.2) is 9.97 Å². The van der Waals surface area contributed by atoms with E-state index in [0.717, 1.165) is 39.2 Å². The summed E-state index contributed by atoms with van der Waals surface area (Å²) >= 11 is 0. The number of hydrogen-bond donors (Lipinski definition) is 0. The predicted octanol–water partition coefficient (Wildman–Crippen LogP) is 10.4. The van der Waals surface area contributed by atoms with Crippen molar-refractivity contribution in [2.45, 2.75) is 19.3 Å². The first-order chi connectivity index (χ1) is 21.6. The number of fused-ring (bicyclic) bond motifs is 7. The molecule has 0 bridgehead atoms. The minimum absolute atomic E-state index is 0.0734. The van der Waals surface area contributed by atoms with E-state index >= 15 is 0 Å². The van der Waals surface area contributed by atoms with Crippen LogP contribution in [-0.2, 0) is 5.41 Å². The summed E-state index contributed by atoms with van der Waals surface area (Å²) in [5.41, 5.74) is 12.8. The zero-order chi connectivity index (χ0) is 29.4. The van der Waals surface area contributed by atoms with Crippen LogP contribution in [0.5, 0.6) is 0 Å². The van der Waals surface area contributed by atoms with Gasteiger partial charge in [-0.15, -0.1) is 0 Å². The maximum Gasteiger partial charge on any atom is 0.160 e. The van der Waals surface area contributed by atoms with Gasteiger partial charge in [0.2, 0.25) is 0 Å². The summed E-state index contributed by atoms with van der Waals surface area (Å²) in [5, 5.41) is 3.58. The average molecular weight is 564 g/mol. The normalized spacial score (nSPS) is 13.4. The Morgan fingerprint density at radius 2 is 1.23 bits per heavy atom. The van der Waals surface area contributed by atoms with Crippen LogP contribution in [0.4, 0.5) is 0 Å². The van der Waals surface area contributed by atoms with E-state index < -0.39 is 0 Å². The van der Waals surface area contributed by atoms with Crippen LogP contribution in [0.3, 0.4) is 0 Å². The summed E-state index contributed by atoms with van der Waals surface area (Å²) in [6.07, 6.45) is 0. The first-order valence-electron chi connectivity index (χ1n) is 15.2. The molecule has 1 aliphatic carbocycles. The molecule has 6 aromatic carbocycles. The van der Waals surface area contributed by atoms with Crippen molar-refractivity contribution in [1.82, 2.24) is 14.5 Å². The van der Waals surface area contributed by atoms with Gasteiger partial charge in [-0.05, 0) is 58.7 Å². The number of rotatable bonds is 3. The lowest BCUT2D eigenvalue weighted by Gasteiger charge is -2.21. The molecule has 0 radical (unpaired) electrons. The lowest BCUT2D eigenvalue weighted by atomic mass is 9.82. The Bertz CT molecular complexity index is 2410. The molecule has 0 aliphatic heterocycles. The van der Waals surface area contributed by atoms with Crippen molar-refractivity contribution in [3.8, 4) is 39.5 Å². The van der Waals surface area contributed by atoms with Crippen LogP contribution in [0.1, 0.15) is 25.0 Å².